The van der Waals surface area contributed by atoms with Crippen molar-refractivity contribution in [2.75, 3.05) is 26.6 Å². The third-order valence-corrected chi connectivity index (χ3v) is 4.49. The Hall–Kier alpha value is -3.53. The normalized spacial score (nSPS) is 10.9. The van der Waals surface area contributed by atoms with E-state index in [1.165, 1.54) is 0 Å². The van der Waals surface area contributed by atoms with Gasteiger partial charge in [-0.05, 0) is 11.6 Å². The fraction of sp³-hybridized carbons (Fsp3) is 0.222. The van der Waals surface area contributed by atoms with Gasteiger partial charge in [0.05, 0.1) is 39.5 Å². The van der Waals surface area contributed by atoms with Crippen molar-refractivity contribution in [1.29, 1.82) is 0 Å². The highest BCUT2D eigenvalue weighted by Gasteiger charge is 2.16. The number of rotatable bonds is 6. The molecule has 4 aromatic rings. The lowest BCUT2D eigenvalue weighted by Gasteiger charge is -2.14. The molecule has 0 amide bonds. The van der Waals surface area contributed by atoms with Crippen LogP contribution in [-0.4, -0.2) is 50.4 Å². The van der Waals surface area contributed by atoms with E-state index in [1.807, 2.05) is 28.3 Å². The van der Waals surface area contributed by atoms with Crippen molar-refractivity contribution >= 4 is 34.4 Å². The van der Waals surface area contributed by atoms with E-state index in [4.69, 9.17) is 25.8 Å². The molecule has 1 N–H and O–H groups in total. The van der Waals surface area contributed by atoms with E-state index < -0.39 is 0 Å². The van der Waals surface area contributed by atoms with Gasteiger partial charge < -0.3 is 28.7 Å². The van der Waals surface area contributed by atoms with Gasteiger partial charge in [-0.1, -0.05) is 0 Å². The van der Waals surface area contributed by atoms with E-state index in [-0.39, 0.29) is 5.28 Å². The quantitative estimate of drug-likeness (QED) is 0.479. The molecule has 0 aliphatic carbocycles. The SMILES string of the molecule is COc1cc(-n2cnc(Nc3nc(Cl)nc4ncn(C)c34)c2)cc(OC)c1OC. The molecule has 10 nitrogen and oxygen atoms in total. The molecule has 11 heteroatoms. The Labute approximate surface area is 171 Å². The van der Waals surface area contributed by atoms with E-state index in [9.17, 15) is 0 Å². The van der Waals surface area contributed by atoms with Crippen molar-refractivity contribution in [1.82, 2.24) is 29.1 Å². The molecule has 150 valence electrons. The number of imidazole rings is 2. The lowest BCUT2D eigenvalue weighted by atomic mass is 10.2. The standard InChI is InChI=1S/C18H18ClN7O3/c1-25-8-21-16-14(25)17(24-18(19)23-16)22-13-7-26(9-20-13)10-5-11(27-2)15(29-4)12(6-10)28-3/h5-9H,1-4H3,(H,22,23,24). The summed E-state index contributed by atoms with van der Waals surface area (Å²) in [7, 11) is 6.55. The van der Waals surface area contributed by atoms with Crippen LogP contribution in [0.5, 0.6) is 17.2 Å². The Kier molecular flexibility index (Phi) is 4.85. The van der Waals surface area contributed by atoms with Crippen LogP contribution in [-0.2, 0) is 7.05 Å². The average Bonchev–Trinajstić information content (AvgIpc) is 3.33. The van der Waals surface area contributed by atoms with Crippen molar-refractivity contribution in [2.45, 2.75) is 0 Å². The Balaban J connectivity index is 1.71. The number of methoxy groups -OCH3 is 3. The molecule has 0 atom stereocenters. The molecule has 29 heavy (non-hydrogen) atoms. The minimum Gasteiger partial charge on any atom is -0.493 e. The molecule has 1 aromatic carbocycles. The number of halogens is 1. The second-order valence-electron chi connectivity index (χ2n) is 6.04. The van der Waals surface area contributed by atoms with Crippen molar-refractivity contribution in [2.24, 2.45) is 7.05 Å². The van der Waals surface area contributed by atoms with E-state index in [0.29, 0.717) is 34.5 Å². The molecule has 0 saturated carbocycles. The number of hydrogen-bond donors (Lipinski definition) is 1. The lowest BCUT2D eigenvalue weighted by Crippen LogP contribution is -2.00. The van der Waals surface area contributed by atoms with E-state index >= 15 is 0 Å². The molecule has 0 spiro atoms. The van der Waals surface area contributed by atoms with Crippen LogP contribution in [0.1, 0.15) is 0 Å². The van der Waals surface area contributed by atoms with E-state index in [1.54, 1.807) is 40.2 Å². The van der Waals surface area contributed by atoms with Gasteiger partial charge in [-0.2, -0.15) is 9.97 Å². The Morgan fingerprint density at radius 2 is 1.69 bits per heavy atom. The summed E-state index contributed by atoms with van der Waals surface area (Å²) in [6.45, 7) is 0. The number of aryl methyl sites for hydroxylation is 1. The molecule has 0 radical (unpaired) electrons. The Morgan fingerprint density at radius 1 is 0.966 bits per heavy atom. The van der Waals surface area contributed by atoms with Crippen molar-refractivity contribution in [3.05, 3.63) is 36.3 Å². The summed E-state index contributed by atoms with van der Waals surface area (Å²) in [6.07, 6.45) is 5.11. The molecule has 0 unspecified atom stereocenters. The summed E-state index contributed by atoms with van der Waals surface area (Å²) >= 11 is 6.02. The van der Waals surface area contributed by atoms with Crippen LogP contribution in [0.25, 0.3) is 16.9 Å². The highest BCUT2D eigenvalue weighted by molar-refractivity contribution is 6.28. The monoisotopic (exact) mass is 415 g/mol. The number of fused-ring (bicyclic) bond motifs is 1. The van der Waals surface area contributed by atoms with Gasteiger partial charge >= 0.3 is 0 Å². The maximum Gasteiger partial charge on any atom is 0.226 e. The molecular weight excluding hydrogens is 398 g/mol. The third kappa shape index (κ3) is 3.38. The summed E-state index contributed by atoms with van der Waals surface area (Å²) in [5, 5.41) is 3.27. The summed E-state index contributed by atoms with van der Waals surface area (Å²) < 4.78 is 19.8. The maximum atomic E-state index is 6.02. The predicted molar refractivity (Wildman–Crippen MR) is 108 cm³/mol. The fourth-order valence-electron chi connectivity index (χ4n) is 2.98. The molecule has 0 bridgehead atoms. The van der Waals surface area contributed by atoms with E-state index in [2.05, 4.69) is 25.3 Å². The first-order chi connectivity index (χ1) is 14.0. The number of nitrogens with one attached hydrogen (secondary N) is 1. The van der Waals surface area contributed by atoms with Crippen molar-refractivity contribution < 1.29 is 14.2 Å². The van der Waals surface area contributed by atoms with Crippen LogP contribution in [0, 0.1) is 0 Å². The predicted octanol–water partition coefficient (Wildman–Crippen LogP) is 2.97. The Morgan fingerprint density at radius 3 is 2.34 bits per heavy atom. The number of hydrogen-bond acceptors (Lipinski definition) is 8. The molecular formula is C18H18ClN7O3. The summed E-state index contributed by atoms with van der Waals surface area (Å²) in [6, 6.07) is 3.65. The van der Waals surface area contributed by atoms with Gasteiger partial charge in [0.25, 0.3) is 0 Å². The largest absolute Gasteiger partial charge is 0.493 e. The molecule has 0 fully saturated rings. The van der Waals surface area contributed by atoms with Gasteiger partial charge in [0.1, 0.15) is 17.7 Å². The summed E-state index contributed by atoms with van der Waals surface area (Å²) in [4.78, 5) is 17.0. The number of anilines is 2. The number of nitrogens with zero attached hydrogens (tertiary/aromatic N) is 6. The first-order valence-electron chi connectivity index (χ1n) is 8.50. The van der Waals surface area contributed by atoms with Crippen LogP contribution in [0.3, 0.4) is 0 Å². The minimum absolute atomic E-state index is 0.0998. The zero-order valence-corrected chi connectivity index (χ0v) is 16.9. The highest BCUT2D eigenvalue weighted by Crippen LogP contribution is 2.39. The molecule has 0 saturated heterocycles. The zero-order chi connectivity index (χ0) is 20.5. The van der Waals surface area contributed by atoms with Crippen LogP contribution < -0.4 is 19.5 Å². The number of ether oxygens (including phenoxy) is 3. The summed E-state index contributed by atoms with van der Waals surface area (Å²) in [5.41, 5.74) is 2.00. The molecule has 3 heterocycles. The second-order valence-corrected chi connectivity index (χ2v) is 6.38. The van der Waals surface area contributed by atoms with Crippen LogP contribution in [0.4, 0.5) is 11.6 Å². The molecule has 0 aliphatic heterocycles. The molecule has 0 aliphatic rings. The van der Waals surface area contributed by atoms with Gasteiger partial charge in [-0.3, -0.25) is 0 Å². The molecule has 4 rings (SSSR count). The van der Waals surface area contributed by atoms with Gasteiger partial charge in [-0.25, -0.2) is 9.97 Å². The lowest BCUT2D eigenvalue weighted by molar-refractivity contribution is 0.324. The minimum atomic E-state index is 0.0998. The third-order valence-electron chi connectivity index (χ3n) is 4.32. The van der Waals surface area contributed by atoms with Gasteiger partial charge in [0.15, 0.2) is 23.0 Å². The highest BCUT2D eigenvalue weighted by atomic mass is 35.5. The fourth-order valence-corrected chi connectivity index (χ4v) is 3.15. The maximum absolute atomic E-state index is 6.02. The van der Waals surface area contributed by atoms with Gasteiger partial charge in [-0.15, -0.1) is 0 Å². The topological polar surface area (TPSA) is 101 Å². The first kappa shape index (κ1) is 18.8. The van der Waals surface area contributed by atoms with Crippen LogP contribution in [0.2, 0.25) is 5.28 Å². The average molecular weight is 416 g/mol. The van der Waals surface area contributed by atoms with Crippen molar-refractivity contribution in [3.8, 4) is 22.9 Å². The summed E-state index contributed by atoms with van der Waals surface area (Å²) in [5.74, 6) is 2.69. The van der Waals surface area contributed by atoms with Crippen molar-refractivity contribution in [3.63, 3.8) is 0 Å². The first-order valence-corrected chi connectivity index (χ1v) is 8.87. The number of aromatic nitrogens is 6. The van der Waals surface area contributed by atoms with Crippen LogP contribution >= 0.6 is 11.6 Å². The Bertz CT molecular complexity index is 1160. The van der Waals surface area contributed by atoms with Gasteiger partial charge in [0.2, 0.25) is 11.0 Å². The molecule has 3 aromatic heterocycles. The van der Waals surface area contributed by atoms with E-state index in [0.717, 1.165) is 11.2 Å². The van der Waals surface area contributed by atoms with Crippen LogP contribution in [0.15, 0.2) is 31.0 Å². The second kappa shape index (κ2) is 7.47. The zero-order valence-electron chi connectivity index (χ0n) is 16.2. The number of benzene rings is 1. The smallest absolute Gasteiger partial charge is 0.226 e. The van der Waals surface area contributed by atoms with Gasteiger partial charge in [0, 0.05) is 19.2 Å².